The third-order valence-electron chi connectivity index (χ3n) is 2.87. The molecule has 0 aliphatic heterocycles. The van der Waals surface area contributed by atoms with Crippen LogP contribution in [0, 0.1) is 5.82 Å². The fourth-order valence-electron chi connectivity index (χ4n) is 2.06. The minimum absolute atomic E-state index is 0.327. The molecule has 18 heavy (non-hydrogen) atoms. The summed E-state index contributed by atoms with van der Waals surface area (Å²) in [7, 11) is 1.78. The second-order valence-corrected chi connectivity index (χ2v) is 4.07. The highest BCUT2D eigenvalue weighted by Gasteiger charge is 2.21. The lowest BCUT2D eigenvalue weighted by Crippen LogP contribution is -2.29. The van der Waals surface area contributed by atoms with Gasteiger partial charge in [-0.2, -0.15) is 5.10 Å². The smallest absolute Gasteiger partial charge is 0.284 e. The Bertz CT molecular complexity index is 736. The Morgan fingerprint density at radius 1 is 1.28 bits per heavy atom. The van der Waals surface area contributed by atoms with Gasteiger partial charge in [0.15, 0.2) is 5.69 Å². The van der Waals surface area contributed by atoms with E-state index < -0.39 is 0 Å². The van der Waals surface area contributed by atoms with Crippen molar-refractivity contribution in [1.82, 2.24) is 9.78 Å². The Labute approximate surface area is 102 Å². The van der Waals surface area contributed by atoms with Crippen LogP contribution >= 0.6 is 0 Å². The fourth-order valence-corrected chi connectivity index (χ4v) is 2.06. The maximum absolute atomic E-state index is 13.3. The molecule has 3 aromatic rings. The van der Waals surface area contributed by atoms with E-state index in [4.69, 9.17) is 0 Å². The zero-order chi connectivity index (χ0) is 12.7. The van der Waals surface area contributed by atoms with Crippen molar-refractivity contribution in [2.75, 3.05) is 0 Å². The van der Waals surface area contributed by atoms with Crippen LogP contribution in [-0.4, -0.2) is 15.0 Å². The van der Waals surface area contributed by atoms with Crippen LogP contribution in [0.5, 0.6) is 0 Å². The van der Waals surface area contributed by atoms with Gasteiger partial charge in [-0.25, -0.2) is 4.39 Å². The molecule has 1 aromatic carbocycles. The number of benzene rings is 1. The van der Waals surface area contributed by atoms with Crippen molar-refractivity contribution in [1.29, 1.82) is 0 Å². The largest absolute Gasteiger partial charge is 0.310 e. The molecule has 4 nitrogen and oxygen atoms in total. The quantitative estimate of drug-likeness (QED) is 0.524. The summed E-state index contributed by atoms with van der Waals surface area (Å²) in [6.07, 6.45) is 1.52. The number of halogens is 1. The molecular weight excluding hydrogens is 233 g/mol. The third-order valence-corrected chi connectivity index (χ3v) is 2.87. The van der Waals surface area contributed by atoms with Crippen molar-refractivity contribution >= 4 is 11.0 Å². The summed E-state index contributed by atoms with van der Waals surface area (Å²) in [6, 6.07) is 9.72. The highest BCUT2D eigenvalue weighted by atomic mass is 19.1. The molecule has 90 valence electrons. The summed E-state index contributed by atoms with van der Waals surface area (Å²) in [5, 5.41) is 14.2. The highest BCUT2D eigenvalue weighted by Crippen LogP contribution is 2.24. The molecule has 5 heteroatoms. The van der Waals surface area contributed by atoms with Gasteiger partial charge in [0.25, 0.3) is 0 Å². The number of pyridine rings is 1. The lowest BCUT2D eigenvalue weighted by molar-refractivity contribution is -0.884. The Balaban J connectivity index is 2.36. The van der Waals surface area contributed by atoms with Gasteiger partial charge in [0.2, 0.25) is 6.20 Å². The summed E-state index contributed by atoms with van der Waals surface area (Å²) in [4.78, 5) is 0. The predicted molar refractivity (Wildman–Crippen MR) is 63.5 cm³/mol. The molecule has 0 saturated carbocycles. The van der Waals surface area contributed by atoms with Crippen molar-refractivity contribution in [2.45, 2.75) is 0 Å². The Kier molecular flexibility index (Phi) is 2.26. The van der Waals surface area contributed by atoms with Crippen molar-refractivity contribution in [3.63, 3.8) is 0 Å². The molecule has 0 amide bonds. The number of hydrogen-bond acceptors (Lipinski definition) is 2. The van der Waals surface area contributed by atoms with Gasteiger partial charge in [-0.1, -0.05) is 12.1 Å². The molecule has 0 fully saturated rings. The van der Waals surface area contributed by atoms with Gasteiger partial charge in [0, 0.05) is 23.4 Å². The van der Waals surface area contributed by atoms with Gasteiger partial charge in [0.1, 0.15) is 11.3 Å². The van der Waals surface area contributed by atoms with Gasteiger partial charge in [0.05, 0.1) is 0 Å². The first-order valence-corrected chi connectivity index (χ1v) is 5.49. The molecule has 3 rings (SSSR count). The van der Waals surface area contributed by atoms with E-state index in [1.807, 2.05) is 6.07 Å². The average Bonchev–Trinajstić information content (AvgIpc) is 2.69. The number of fused-ring (bicyclic) bond motifs is 1. The monoisotopic (exact) mass is 244 g/mol. The van der Waals surface area contributed by atoms with Gasteiger partial charge >= 0.3 is 5.52 Å². The van der Waals surface area contributed by atoms with Crippen LogP contribution in [0.1, 0.15) is 0 Å². The summed E-state index contributed by atoms with van der Waals surface area (Å²) < 4.78 is 15.9. The molecular formula is C13H11FN3O+. The van der Waals surface area contributed by atoms with E-state index >= 15 is 0 Å². The first-order valence-electron chi connectivity index (χ1n) is 5.49. The van der Waals surface area contributed by atoms with Crippen LogP contribution in [0.15, 0.2) is 42.6 Å². The van der Waals surface area contributed by atoms with Gasteiger partial charge in [-0.05, 0) is 18.2 Å². The molecule has 0 aliphatic carbocycles. The van der Waals surface area contributed by atoms with E-state index in [9.17, 15) is 9.60 Å². The van der Waals surface area contributed by atoms with Crippen molar-refractivity contribution in [3.8, 4) is 11.3 Å². The first kappa shape index (κ1) is 10.7. The number of aryl methyl sites for hydroxylation is 1. The zero-order valence-electron chi connectivity index (χ0n) is 9.71. The minimum atomic E-state index is -0.327. The molecule has 0 radical (unpaired) electrons. The molecule has 2 aromatic heterocycles. The van der Waals surface area contributed by atoms with Gasteiger partial charge in [-0.15, -0.1) is 0 Å². The van der Waals surface area contributed by atoms with Crippen LogP contribution in [0.4, 0.5) is 4.39 Å². The van der Waals surface area contributed by atoms with Crippen molar-refractivity contribution in [2.24, 2.45) is 7.05 Å². The molecule has 0 bridgehead atoms. The normalized spacial score (nSPS) is 11.0. The number of rotatable bonds is 1. The third kappa shape index (κ3) is 1.52. The average molecular weight is 244 g/mol. The second-order valence-electron chi connectivity index (χ2n) is 4.07. The second kappa shape index (κ2) is 3.80. The zero-order valence-corrected chi connectivity index (χ0v) is 9.71. The SMILES string of the molecule is Cn1nc(-c2cccc(F)c2)c2c1ccc[n+]2O. The summed E-state index contributed by atoms with van der Waals surface area (Å²) in [6.45, 7) is 0. The van der Waals surface area contributed by atoms with Crippen LogP contribution < -0.4 is 4.73 Å². The summed E-state index contributed by atoms with van der Waals surface area (Å²) >= 11 is 0. The summed E-state index contributed by atoms with van der Waals surface area (Å²) in [5.74, 6) is -0.327. The van der Waals surface area contributed by atoms with Gasteiger partial charge in [-0.3, -0.25) is 9.89 Å². The maximum Gasteiger partial charge on any atom is 0.310 e. The Morgan fingerprint density at radius 2 is 2.11 bits per heavy atom. The van der Waals surface area contributed by atoms with Crippen LogP contribution in [0.25, 0.3) is 22.3 Å². The molecule has 0 saturated heterocycles. The highest BCUT2D eigenvalue weighted by molar-refractivity contribution is 5.87. The summed E-state index contributed by atoms with van der Waals surface area (Å²) in [5.41, 5.74) is 2.52. The van der Waals surface area contributed by atoms with Crippen molar-refractivity contribution in [3.05, 3.63) is 48.4 Å². The van der Waals surface area contributed by atoms with E-state index in [1.54, 1.807) is 29.9 Å². The number of aromatic nitrogens is 3. The molecule has 0 aliphatic rings. The van der Waals surface area contributed by atoms with E-state index in [-0.39, 0.29) is 5.82 Å². The molecule has 0 atom stereocenters. The van der Waals surface area contributed by atoms with Gasteiger partial charge < -0.3 is 0 Å². The van der Waals surface area contributed by atoms with Crippen molar-refractivity contribution < 1.29 is 14.3 Å². The van der Waals surface area contributed by atoms with Crippen LogP contribution in [-0.2, 0) is 7.05 Å². The molecule has 1 N–H and O–H groups in total. The molecule has 0 unspecified atom stereocenters. The van der Waals surface area contributed by atoms with Crippen LogP contribution in [0.3, 0.4) is 0 Å². The Morgan fingerprint density at radius 3 is 2.89 bits per heavy atom. The topological polar surface area (TPSA) is 41.9 Å². The van der Waals surface area contributed by atoms with E-state index in [0.717, 1.165) is 10.2 Å². The first-order chi connectivity index (χ1) is 8.66. The van der Waals surface area contributed by atoms with Crippen LogP contribution in [0.2, 0.25) is 0 Å². The fraction of sp³-hybridized carbons (Fsp3) is 0.0769. The Hall–Kier alpha value is -2.43. The van der Waals surface area contributed by atoms with E-state index in [0.29, 0.717) is 16.8 Å². The molecule has 2 heterocycles. The lowest BCUT2D eigenvalue weighted by Gasteiger charge is -1.95. The predicted octanol–water partition coefficient (Wildman–Crippen LogP) is 1.90. The van der Waals surface area contributed by atoms with E-state index in [2.05, 4.69) is 5.10 Å². The molecule has 0 spiro atoms. The minimum Gasteiger partial charge on any atom is -0.284 e. The lowest BCUT2D eigenvalue weighted by atomic mass is 10.1. The number of nitrogens with zero attached hydrogens (tertiary/aromatic N) is 3. The standard InChI is InChI=1S/C13H11FN3O/c1-16-11-6-3-7-17(18)13(11)12(15-16)9-4-2-5-10(14)8-9/h2-8,18H,1H3/q+1. The number of hydrogen-bond donors (Lipinski definition) is 1. The van der Waals surface area contributed by atoms with E-state index in [1.165, 1.54) is 18.3 Å². The maximum atomic E-state index is 13.3.